The Morgan fingerprint density at radius 3 is 2.54 bits per heavy atom. The molecule has 0 N–H and O–H groups in total. The van der Waals surface area contributed by atoms with Gasteiger partial charge in [-0.05, 0) is 29.8 Å². The van der Waals surface area contributed by atoms with Crippen LogP contribution >= 0.6 is 0 Å². The summed E-state index contributed by atoms with van der Waals surface area (Å²) in [6, 6.07) is 12.4. The number of nitrogens with zero attached hydrogens (tertiary/aromatic N) is 4. The topological polar surface area (TPSA) is 41.4 Å². The van der Waals surface area contributed by atoms with Crippen LogP contribution < -0.4 is 5.01 Å². The van der Waals surface area contributed by atoms with Crippen molar-refractivity contribution in [3.8, 4) is 0 Å². The highest BCUT2D eigenvalue weighted by Gasteiger charge is 2.30. The van der Waals surface area contributed by atoms with E-state index in [2.05, 4.69) is 15.1 Å². The molecule has 0 aliphatic rings. The van der Waals surface area contributed by atoms with E-state index >= 15 is 0 Å². The molecule has 4 nitrogen and oxygen atoms in total. The molecule has 0 amide bonds. The minimum absolute atomic E-state index is 0.352. The first-order valence-electron chi connectivity index (χ1n) is 7.10. The lowest BCUT2D eigenvalue weighted by atomic mass is 10.1. The van der Waals surface area contributed by atoms with E-state index in [1.807, 2.05) is 24.3 Å². The van der Waals surface area contributed by atoms with E-state index in [-0.39, 0.29) is 0 Å². The van der Waals surface area contributed by atoms with Gasteiger partial charge in [-0.3, -0.25) is 4.98 Å². The third kappa shape index (κ3) is 3.51. The summed E-state index contributed by atoms with van der Waals surface area (Å²) >= 11 is 0. The van der Waals surface area contributed by atoms with Crippen LogP contribution in [-0.2, 0) is 6.18 Å². The Kier molecular flexibility index (Phi) is 4.16. The summed E-state index contributed by atoms with van der Waals surface area (Å²) in [4.78, 5) is 8.69. The number of benzene rings is 2. The van der Waals surface area contributed by atoms with Crippen molar-refractivity contribution in [1.29, 1.82) is 0 Å². The number of hydrazone groups is 1. The maximum atomic E-state index is 12.7. The molecule has 1 heterocycles. The summed E-state index contributed by atoms with van der Waals surface area (Å²) in [5.74, 6) is 0.497. The molecule has 0 aliphatic heterocycles. The number of alkyl halides is 3. The zero-order chi connectivity index (χ0) is 17.2. The third-order valence-electron chi connectivity index (χ3n) is 3.36. The van der Waals surface area contributed by atoms with Crippen LogP contribution in [0.2, 0.25) is 0 Å². The van der Waals surface area contributed by atoms with Gasteiger partial charge in [0.1, 0.15) is 0 Å². The summed E-state index contributed by atoms with van der Waals surface area (Å²) in [6.45, 7) is 0. The molecular weight excluding hydrogens is 317 g/mol. The van der Waals surface area contributed by atoms with Gasteiger partial charge in [0.2, 0.25) is 0 Å². The highest BCUT2D eigenvalue weighted by atomic mass is 19.4. The Labute approximate surface area is 136 Å². The van der Waals surface area contributed by atoms with Crippen molar-refractivity contribution in [2.75, 3.05) is 12.1 Å². The first kappa shape index (κ1) is 15.9. The van der Waals surface area contributed by atoms with E-state index in [0.29, 0.717) is 11.4 Å². The average Bonchev–Trinajstić information content (AvgIpc) is 2.59. The van der Waals surface area contributed by atoms with E-state index in [1.165, 1.54) is 17.3 Å². The summed E-state index contributed by atoms with van der Waals surface area (Å²) < 4.78 is 38.1. The van der Waals surface area contributed by atoms with Crippen molar-refractivity contribution in [2.45, 2.75) is 6.18 Å². The predicted octanol–water partition coefficient (Wildman–Crippen LogP) is 4.12. The van der Waals surface area contributed by atoms with Crippen molar-refractivity contribution in [1.82, 2.24) is 9.97 Å². The number of para-hydroxylation sites is 2. The first-order valence-corrected chi connectivity index (χ1v) is 7.10. The van der Waals surface area contributed by atoms with Crippen molar-refractivity contribution in [3.63, 3.8) is 0 Å². The van der Waals surface area contributed by atoms with Crippen LogP contribution in [0.15, 0.2) is 59.8 Å². The highest BCUT2D eigenvalue weighted by Crippen LogP contribution is 2.29. The summed E-state index contributed by atoms with van der Waals surface area (Å²) in [6.07, 6.45) is -1.46. The zero-order valence-electron chi connectivity index (χ0n) is 12.7. The maximum Gasteiger partial charge on any atom is 0.416 e. The van der Waals surface area contributed by atoms with Crippen LogP contribution in [0.4, 0.5) is 19.0 Å². The number of aromatic nitrogens is 2. The second-order valence-electron chi connectivity index (χ2n) is 5.11. The van der Waals surface area contributed by atoms with Crippen molar-refractivity contribution >= 4 is 23.1 Å². The molecule has 3 rings (SSSR count). The number of rotatable bonds is 3. The number of fused-ring (bicyclic) bond motifs is 1. The Hall–Kier alpha value is -2.96. The second-order valence-corrected chi connectivity index (χ2v) is 5.11. The molecular formula is C17H13F3N4. The van der Waals surface area contributed by atoms with Crippen LogP contribution in [0.5, 0.6) is 0 Å². The Morgan fingerprint density at radius 2 is 1.79 bits per heavy atom. The minimum Gasteiger partial charge on any atom is -0.251 e. The molecule has 3 aromatic rings. The van der Waals surface area contributed by atoms with E-state index in [4.69, 9.17) is 0 Å². The largest absolute Gasteiger partial charge is 0.416 e. The molecule has 1 aromatic heterocycles. The lowest BCUT2D eigenvalue weighted by Gasteiger charge is -2.12. The number of halogens is 3. The Bertz CT molecular complexity index is 890. The standard InChI is InChI=1S/C17H13F3N4/c1-24(16-11-21-14-7-2-3-8-15(14)23-16)22-10-12-5-4-6-13(9-12)17(18,19)20/h2-11H,1H3/b22-10+. The molecule has 0 atom stereocenters. The van der Waals surface area contributed by atoms with Crippen LogP contribution in [0.25, 0.3) is 11.0 Å². The molecule has 0 spiro atoms. The zero-order valence-corrected chi connectivity index (χ0v) is 12.7. The average molecular weight is 330 g/mol. The van der Waals surface area contributed by atoms with E-state index in [0.717, 1.165) is 23.2 Å². The molecule has 0 radical (unpaired) electrons. The van der Waals surface area contributed by atoms with Crippen LogP contribution in [-0.4, -0.2) is 23.2 Å². The van der Waals surface area contributed by atoms with Gasteiger partial charge < -0.3 is 0 Å². The van der Waals surface area contributed by atoms with Crippen LogP contribution in [0.3, 0.4) is 0 Å². The van der Waals surface area contributed by atoms with Crippen molar-refractivity contribution < 1.29 is 13.2 Å². The minimum atomic E-state index is -4.38. The molecule has 0 saturated carbocycles. The fraction of sp³-hybridized carbons (Fsp3) is 0.118. The Balaban J connectivity index is 1.83. The fourth-order valence-corrected chi connectivity index (χ4v) is 2.11. The Morgan fingerprint density at radius 1 is 1.04 bits per heavy atom. The molecule has 24 heavy (non-hydrogen) atoms. The lowest BCUT2D eigenvalue weighted by molar-refractivity contribution is -0.137. The van der Waals surface area contributed by atoms with Gasteiger partial charge in [-0.1, -0.05) is 24.3 Å². The van der Waals surface area contributed by atoms with Gasteiger partial charge in [0, 0.05) is 7.05 Å². The monoisotopic (exact) mass is 330 g/mol. The van der Waals surface area contributed by atoms with Gasteiger partial charge >= 0.3 is 6.18 Å². The number of hydrogen-bond acceptors (Lipinski definition) is 4. The number of anilines is 1. The van der Waals surface area contributed by atoms with Crippen molar-refractivity contribution in [3.05, 3.63) is 65.9 Å². The quantitative estimate of drug-likeness (QED) is 0.536. The van der Waals surface area contributed by atoms with Gasteiger partial charge in [0.05, 0.1) is 29.0 Å². The summed E-state index contributed by atoms with van der Waals surface area (Å²) in [5.41, 5.74) is 1.12. The van der Waals surface area contributed by atoms with Crippen LogP contribution in [0.1, 0.15) is 11.1 Å². The smallest absolute Gasteiger partial charge is 0.251 e. The predicted molar refractivity (Wildman–Crippen MR) is 87.0 cm³/mol. The van der Waals surface area contributed by atoms with E-state index < -0.39 is 11.7 Å². The SMILES string of the molecule is CN(/N=C/c1cccc(C(F)(F)F)c1)c1cnc2ccccc2n1. The van der Waals surface area contributed by atoms with Gasteiger partial charge in [0.25, 0.3) is 0 Å². The normalized spacial score (nSPS) is 12.0. The molecule has 0 fully saturated rings. The van der Waals surface area contributed by atoms with Crippen molar-refractivity contribution in [2.24, 2.45) is 5.10 Å². The molecule has 0 bridgehead atoms. The van der Waals surface area contributed by atoms with Gasteiger partial charge in [0.15, 0.2) is 5.82 Å². The summed E-state index contributed by atoms with van der Waals surface area (Å²) in [7, 11) is 1.66. The molecule has 0 unspecified atom stereocenters. The summed E-state index contributed by atoms with van der Waals surface area (Å²) in [5, 5.41) is 5.59. The van der Waals surface area contributed by atoms with Gasteiger partial charge in [-0.15, -0.1) is 0 Å². The second kappa shape index (κ2) is 6.27. The first-order chi connectivity index (χ1) is 11.4. The van der Waals surface area contributed by atoms with E-state index in [9.17, 15) is 13.2 Å². The third-order valence-corrected chi connectivity index (χ3v) is 3.36. The maximum absolute atomic E-state index is 12.7. The lowest BCUT2D eigenvalue weighted by Crippen LogP contribution is -2.11. The van der Waals surface area contributed by atoms with Crippen LogP contribution in [0, 0.1) is 0 Å². The van der Waals surface area contributed by atoms with E-state index in [1.54, 1.807) is 19.3 Å². The fourth-order valence-electron chi connectivity index (χ4n) is 2.11. The molecule has 0 aliphatic carbocycles. The molecule has 0 saturated heterocycles. The molecule has 7 heteroatoms. The molecule has 122 valence electrons. The van der Waals surface area contributed by atoms with Gasteiger partial charge in [-0.2, -0.15) is 18.3 Å². The molecule has 2 aromatic carbocycles. The highest BCUT2D eigenvalue weighted by molar-refractivity contribution is 5.81. The van der Waals surface area contributed by atoms with Gasteiger partial charge in [-0.25, -0.2) is 9.99 Å². The number of hydrogen-bond donors (Lipinski definition) is 0.